The molecule has 0 amide bonds. The summed E-state index contributed by atoms with van der Waals surface area (Å²) in [4.78, 5) is 19.4. The van der Waals surface area contributed by atoms with E-state index in [4.69, 9.17) is 15.6 Å². The van der Waals surface area contributed by atoms with Gasteiger partial charge < -0.3 is 15.6 Å². The molecule has 0 bridgehead atoms. The third-order valence-electron chi connectivity index (χ3n) is 7.55. The Morgan fingerprint density at radius 1 is 1.23 bits per heavy atom. The van der Waals surface area contributed by atoms with Crippen LogP contribution in [0.1, 0.15) is 74.6 Å². The molecular weight excluding hydrogens is 390 g/mol. The van der Waals surface area contributed by atoms with Gasteiger partial charge in [0.2, 0.25) is 5.88 Å². The molecule has 1 saturated carbocycles. The van der Waals surface area contributed by atoms with E-state index >= 15 is 0 Å². The van der Waals surface area contributed by atoms with Crippen molar-refractivity contribution in [1.29, 1.82) is 0 Å². The highest BCUT2D eigenvalue weighted by Gasteiger charge is 2.42. The fourth-order valence-electron chi connectivity index (χ4n) is 5.85. The summed E-state index contributed by atoms with van der Waals surface area (Å²) in [6.07, 6.45) is 10.2. The van der Waals surface area contributed by atoms with Crippen LogP contribution in [0.25, 0.3) is 11.6 Å². The quantitative estimate of drug-likeness (QED) is 0.753. The van der Waals surface area contributed by atoms with Gasteiger partial charge in [0.25, 0.3) is 0 Å². The number of aryl methyl sites for hydroxylation is 1. The first-order valence-corrected chi connectivity index (χ1v) is 11.1. The topological polar surface area (TPSA) is 98.3 Å². The smallest absolute Gasteiger partial charge is 0.303 e. The lowest BCUT2D eigenvalue weighted by atomic mass is 9.66. The zero-order valence-electron chi connectivity index (χ0n) is 18.1. The average molecular weight is 420 g/mol. The molecule has 5 rings (SSSR count). The largest absolute Gasteiger partial charge is 0.481 e. The Balaban J connectivity index is 1.46. The molecule has 1 spiro atoms. The van der Waals surface area contributed by atoms with Crippen LogP contribution >= 0.6 is 0 Å². The van der Waals surface area contributed by atoms with Crippen LogP contribution in [-0.4, -0.2) is 26.6 Å². The van der Waals surface area contributed by atoms with Crippen molar-refractivity contribution in [3.8, 4) is 5.88 Å². The van der Waals surface area contributed by atoms with Crippen LogP contribution in [0.5, 0.6) is 5.88 Å². The number of carbonyl (C=O) groups is 1. The van der Waals surface area contributed by atoms with E-state index in [1.807, 2.05) is 0 Å². The molecular formula is C25H29N3O3. The number of nitrogen functional groups attached to an aromatic ring is 1. The number of carboxylic acid groups (broad SMARTS) is 1. The highest BCUT2D eigenvalue weighted by atomic mass is 16.5. The van der Waals surface area contributed by atoms with Crippen molar-refractivity contribution in [2.45, 2.75) is 69.8 Å². The number of anilines is 1. The van der Waals surface area contributed by atoms with Gasteiger partial charge in [0.1, 0.15) is 17.7 Å². The number of aromatic nitrogens is 2. The van der Waals surface area contributed by atoms with E-state index in [1.54, 1.807) is 0 Å². The van der Waals surface area contributed by atoms with Crippen LogP contribution in [0.3, 0.4) is 0 Å². The molecule has 0 atom stereocenters. The number of ether oxygens (including phenoxy) is 1. The molecule has 0 unspecified atom stereocenters. The fraction of sp³-hybridized carbons (Fsp3) is 0.480. The fourth-order valence-corrected chi connectivity index (χ4v) is 5.85. The van der Waals surface area contributed by atoms with E-state index in [0.29, 0.717) is 24.0 Å². The Hall–Kier alpha value is -2.89. The van der Waals surface area contributed by atoms with E-state index < -0.39 is 11.6 Å². The number of nitrogens with zero attached hydrogens (tertiary/aromatic N) is 2. The zero-order valence-corrected chi connectivity index (χ0v) is 18.1. The standard InChI is InChI=1S/C25H29N3O3/c1-24(2)20(13-18-22(26)27-14-28-23(18)31-24)16-3-4-19-17(12-16)7-10-25(19)8-5-15(6-9-25)11-21(29)30/h3-4,12-15H,5-11H2,1-2H3,(H,29,30)(H2,26,27,28)/t15-,25-. The summed E-state index contributed by atoms with van der Waals surface area (Å²) in [6, 6.07) is 6.82. The predicted molar refractivity (Wildman–Crippen MR) is 120 cm³/mol. The Bertz CT molecular complexity index is 1080. The Labute approximate surface area is 182 Å². The molecule has 6 nitrogen and oxygen atoms in total. The van der Waals surface area contributed by atoms with E-state index in [9.17, 15) is 4.79 Å². The third-order valence-corrected chi connectivity index (χ3v) is 7.55. The van der Waals surface area contributed by atoms with Crippen molar-refractivity contribution in [3.63, 3.8) is 0 Å². The molecule has 162 valence electrons. The van der Waals surface area contributed by atoms with Gasteiger partial charge in [0.15, 0.2) is 0 Å². The molecule has 6 heteroatoms. The molecule has 1 fully saturated rings. The van der Waals surface area contributed by atoms with Crippen LogP contribution in [-0.2, 0) is 16.6 Å². The summed E-state index contributed by atoms with van der Waals surface area (Å²) in [7, 11) is 0. The first kappa shape index (κ1) is 20.0. The summed E-state index contributed by atoms with van der Waals surface area (Å²) in [5.41, 5.74) is 11.6. The number of nitrogens with two attached hydrogens (primary N) is 1. The molecule has 1 aromatic carbocycles. The first-order chi connectivity index (χ1) is 14.8. The minimum atomic E-state index is -0.671. The number of carboxylic acids is 1. The first-order valence-electron chi connectivity index (χ1n) is 11.1. The van der Waals surface area contributed by atoms with Crippen molar-refractivity contribution in [2.24, 2.45) is 5.92 Å². The number of benzene rings is 1. The van der Waals surface area contributed by atoms with E-state index in [1.165, 1.54) is 17.5 Å². The number of fused-ring (bicyclic) bond motifs is 3. The highest BCUT2D eigenvalue weighted by molar-refractivity contribution is 5.91. The molecule has 31 heavy (non-hydrogen) atoms. The molecule has 1 aliphatic heterocycles. The van der Waals surface area contributed by atoms with Crippen LogP contribution in [0.2, 0.25) is 0 Å². The van der Waals surface area contributed by atoms with Gasteiger partial charge in [-0.1, -0.05) is 18.2 Å². The Morgan fingerprint density at radius 3 is 2.74 bits per heavy atom. The second-order valence-corrected chi connectivity index (χ2v) is 9.84. The Morgan fingerprint density at radius 2 is 2.00 bits per heavy atom. The summed E-state index contributed by atoms with van der Waals surface area (Å²) in [5.74, 6) is 0.607. The molecule has 1 aromatic heterocycles. The molecule has 0 saturated heterocycles. The van der Waals surface area contributed by atoms with Crippen molar-refractivity contribution in [3.05, 3.63) is 46.8 Å². The third kappa shape index (κ3) is 3.38. The lowest BCUT2D eigenvalue weighted by Gasteiger charge is -2.38. The van der Waals surface area contributed by atoms with Crippen LogP contribution < -0.4 is 10.5 Å². The minimum Gasteiger partial charge on any atom is -0.481 e. The van der Waals surface area contributed by atoms with Crippen LogP contribution in [0.15, 0.2) is 24.5 Å². The zero-order chi connectivity index (χ0) is 21.8. The van der Waals surface area contributed by atoms with Gasteiger partial charge in [-0.05, 0) is 86.5 Å². The van der Waals surface area contributed by atoms with Gasteiger partial charge in [-0.25, -0.2) is 9.97 Å². The normalized spacial score (nSPS) is 26.0. The SMILES string of the molecule is CC1(C)Oc2ncnc(N)c2C=C1c1ccc2c(c1)CC[C@]21CC[C@@H](CC(=O)O)CC1. The van der Waals surface area contributed by atoms with E-state index in [0.717, 1.165) is 55.2 Å². The molecule has 0 radical (unpaired) electrons. The Kier molecular flexibility index (Phi) is 4.57. The predicted octanol–water partition coefficient (Wildman–Crippen LogP) is 4.62. The van der Waals surface area contributed by atoms with E-state index in [-0.39, 0.29) is 5.41 Å². The van der Waals surface area contributed by atoms with Gasteiger partial charge in [-0.2, -0.15) is 0 Å². The van der Waals surface area contributed by atoms with Gasteiger partial charge in [-0.15, -0.1) is 0 Å². The van der Waals surface area contributed by atoms with Crippen molar-refractivity contribution in [1.82, 2.24) is 9.97 Å². The lowest BCUT2D eigenvalue weighted by Crippen LogP contribution is -2.33. The van der Waals surface area contributed by atoms with Crippen molar-refractivity contribution in [2.75, 3.05) is 5.73 Å². The van der Waals surface area contributed by atoms with Gasteiger partial charge in [-0.3, -0.25) is 4.79 Å². The number of hydrogen-bond donors (Lipinski definition) is 2. The van der Waals surface area contributed by atoms with Crippen LogP contribution in [0, 0.1) is 5.92 Å². The lowest BCUT2D eigenvalue weighted by molar-refractivity contribution is -0.138. The number of rotatable bonds is 3. The maximum atomic E-state index is 11.1. The van der Waals surface area contributed by atoms with Gasteiger partial charge in [0.05, 0.1) is 5.56 Å². The van der Waals surface area contributed by atoms with Crippen molar-refractivity contribution >= 4 is 23.4 Å². The summed E-state index contributed by atoms with van der Waals surface area (Å²) in [5, 5.41) is 9.12. The second-order valence-electron chi connectivity index (χ2n) is 9.84. The van der Waals surface area contributed by atoms with E-state index in [2.05, 4.69) is 48.1 Å². The van der Waals surface area contributed by atoms with Crippen molar-refractivity contribution < 1.29 is 14.6 Å². The molecule has 2 aliphatic carbocycles. The molecule has 3 aliphatic rings. The van der Waals surface area contributed by atoms with Gasteiger partial charge in [0, 0.05) is 12.0 Å². The highest BCUT2D eigenvalue weighted by Crippen LogP contribution is 2.51. The molecule has 2 aromatic rings. The maximum Gasteiger partial charge on any atom is 0.303 e. The van der Waals surface area contributed by atoms with Crippen LogP contribution in [0.4, 0.5) is 5.82 Å². The maximum absolute atomic E-state index is 11.1. The summed E-state index contributed by atoms with van der Waals surface area (Å²) in [6.45, 7) is 4.11. The monoisotopic (exact) mass is 419 g/mol. The molecule has 3 N–H and O–H groups in total. The number of hydrogen-bond acceptors (Lipinski definition) is 5. The summed E-state index contributed by atoms with van der Waals surface area (Å²) >= 11 is 0. The summed E-state index contributed by atoms with van der Waals surface area (Å²) < 4.78 is 6.19. The van der Waals surface area contributed by atoms with Gasteiger partial charge >= 0.3 is 5.97 Å². The molecule has 2 heterocycles. The second kappa shape index (κ2) is 7.08. The average Bonchev–Trinajstić information content (AvgIpc) is 3.06. The minimum absolute atomic E-state index is 0.223. The number of aliphatic carboxylic acids is 1.